The maximum Gasteiger partial charge on any atom is 0.208 e. The smallest absolute Gasteiger partial charge is 0.208 e. The first-order valence-corrected chi connectivity index (χ1v) is 17.4. The third-order valence-corrected chi connectivity index (χ3v) is 14.2. The summed E-state index contributed by atoms with van der Waals surface area (Å²) in [5, 5.41) is 2.73. The molecular weight excluding hydrogens is 434 g/mol. The van der Waals surface area contributed by atoms with E-state index < -0.39 is 16.6 Å². The Morgan fingerprint density at radius 1 is 0.515 bits per heavy atom. The zero-order chi connectivity index (χ0) is 23.2. The van der Waals surface area contributed by atoms with Crippen LogP contribution in [-0.4, -0.2) is 23.7 Å². The Balaban J connectivity index is 1.69. The first kappa shape index (κ1) is 21.9. The normalized spacial score (nSPS) is 16.3. The second kappa shape index (κ2) is 8.13. The molecule has 0 aromatic heterocycles. The fourth-order valence-electron chi connectivity index (χ4n) is 5.12. The van der Waals surface area contributed by atoms with E-state index in [9.17, 15) is 0 Å². The fraction of sp³-hybridized carbons (Fsp3) is 0.172. The van der Waals surface area contributed by atoms with Crippen molar-refractivity contribution in [1.29, 1.82) is 0 Å². The summed E-state index contributed by atoms with van der Waals surface area (Å²) in [5.41, 5.74) is 7.52. The first-order valence-electron chi connectivity index (χ1n) is 11.6. The number of nitrogens with zero attached hydrogens (tertiary/aromatic N) is 1. The van der Waals surface area contributed by atoms with Crippen LogP contribution in [0.3, 0.4) is 0 Å². The van der Waals surface area contributed by atoms with Gasteiger partial charge in [-0.05, 0) is 70.9 Å². The largest absolute Gasteiger partial charge is 0.449 e. The van der Waals surface area contributed by atoms with Crippen LogP contribution >= 0.6 is 0 Å². The molecule has 0 saturated carbocycles. The molecule has 1 heterocycles. The third-order valence-electron chi connectivity index (χ3n) is 6.74. The molecule has 0 fully saturated rings. The molecule has 5 rings (SSSR count). The second-order valence-corrected chi connectivity index (χ2v) is 17.8. The molecule has 1 aliphatic rings. The van der Waals surface area contributed by atoms with Crippen LogP contribution in [0.5, 0.6) is 0 Å². The number of rotatable bonds is 2. The molecule has 4 heteroatoms. The van der Waals surface area contributed by atoms with Gasteiger partial charge in [0.2, 0.25) is 16.6 Å². The number of fused-ring (bicyclic) bond motifs is 2. The van der Waals surface area contributed by atoms with E-state index in [4.69, 9.17) is 4.12 Å². The van der Waals surface area contributed by atoms with Crippen molar-refractivity contribution in [2.75, 3.05) is 11.9 Å². The highest BCUT2D eigenvalue weighted by molar-refractivity contribution is 6.98. The molecule has 0 bridgehead atoms. The van der Waals surface area contributed by atoms with Gasteiger partial charge in [-0.25, -0.2) is 0 Å². The Morgan fingerprint density at radius 2 is 0.909 bits per heavy atom. The molecule has 0 amide bonds. The highest BCUT2D eigenvalue weighted by Gasteiger charge is 2.41. The van der Waals surface area contributed by atoms with Crippen LogP contribution in [0.2, 0.25) is 26.2 Å². The van der Waals surface area contributed by atoms with Crippen molar-refractivity contribution in [2.45, 2.75) is 26.2 Å². The van der Waals surface area contributed by atoms with Crippen molar-refractivity contribution in [1.82, 2.24) is 0 Å². The van der Waals surface area contributed by atoms with Gasteiger partial charge in [0, 0.05) is 18.4 Å². The summed E-state index contributed by atoms with van der Waals surface area (Å²) in [7, 11) is -2.15. The van der Waals surface area contributed by atoms with Crippen LogP contribution in [0, 0.1) is 0 Å². The van der Waals surface area contributed by atoms with Gasteiger partial charge in [0.15, 0.2) is 0 Å². The van der Waals surface area contributed by atoms with Gasteiger partial charge in [0.05, 0.1) is 0 Å². The first-order chi connectivity index (χ1) is 15.8. The predicted octanol–water partition coefficient (Wildman–Crippen LogP) is 6.64. The average Bonchev–Trinajstić information content (AvgIpc) is 2.83. The minimum Gasteiger partial charge on any atom is -0.449 e. The molecule has 166 valence electrons. The quantitative estimate of drug-likeness (QED) is 0.308. The maximum absolute atomic E-state index is 7.20. The lowest BCUT2D eigenvalue weighted by Crippen LogP contribution is -2.60. The standard InChI is InChI=1S/C29H31NOSi2/c1-30-26-18-16-24(22-12-8-6-9-13-22)20-28(26)32(2,3)31-33(4,5)29-21-25(17-19-27(29)30)23-14-10-7-11-15-23/h6-21H,1-5H3. The second-order valence-electron chi connectivity index (χ2n) is 9.88. The molecule has 2 nitrogen and oxygen atoms in total. The minimum absolute atomic E-state index is 1.25. The highest BCUT2D eigenvalue weighted by atomic mass is 28.4. The Morgan fingerprint density at radius 3 is 1.30 bits per heavy atom. The summed E-state index contributed by atoms with van der Waals surface area (Å²) in [6, 6.07) is 35.1. The Bertz CT molecular complexity index is 1200. The molecule has 0 atom stereocenters. The number of benzene rings is 4. The maximum atomic E-state index is 7.20. The van der Waals surface area contributed by atoms with Gasteiger partial charge < -0.3 is 9.02 Å². The minimum atomic E-state index is -2.18. The van der Waals surface area contributed by atoms with Crippen molar-refractivity contribution < 1.29 is 4.12 Å². The van der Waals surface area contributed by atoms with Crippen molar-refractivity contribution in [3.05, 3.63) is 97.1 Å². The van der Waals surface area contributed by atoms with Crippen LogP contribution in [0.15, 0.2) is 97.1 Å². The molecule has 4 aromatic carbocycles. The predicted molar refractivity (Wildman–Crippen MR) is 147 cm³/mol. The van der Waals surface area contributed by atoms with Crippen LogP contribution in [0.25, 0.3) is 22.3 Å². The van der Waals surface area contributed by atoms with Crippen molar-refractivity contribution in [2.24, 2.45) is 0 Å². The SMILES string of the molecule is CN1c2ccc(-c3ccccc3)cc2[Si](C)(C)O[Si](C)(C)c2cc(-c3ccccc3)ccc21. The van der Waals surface area contributed by atoms with E-state index in [2.05, 4.69) is 135 Å². The molecule has 4 aromatic rings. The van der Waals surface area contributed by atoms with Gasteiger partial charge >= 0.3 is 0 Å². The summed E-state index contributed by atoms with van der Waals surface area (Å²) in [6.45, 7) is 9.43. The summed E-state index contributed by atoms with van der Waals surface area (Å²) in [5.74, 6) is 0. The van der Waals surface area contributed by atoms with Gasteiger partial charge in [0.25, 0.3) is 0 Å². The van der Waals surface area contributed by atoms with E-state index in [1.807, 2.05) is 0 Å². The van der Waals surface area contributed by atoms with Gasteiger partial charge in [0.1, 0.15) is 0 Å². The molecule has 0 radical (unpaired) electrons. The molecule has 0 saturated heterocycles. The van der Waals surface area contributed by atoms with Crippen molar-refractivity contribution in [3.63, 3.8) is 0 Å². The molecular formula is C29H31NOSi2. The van der Waals surface area contributed by atoms with Crippen LogP contribution in [-0.2, 0) is 4.12 Å². The summed E-state index contributed by atoms with van der Waals surface area (Å²) < 4.78 is 7.20. The molecule has 0 unspecified atom stereocenters. The monoisotopic (exact) mass is 465 g/mol. The van der Waals surface area contributed by atoms with Crippen molar-refractivity contribution in [3.8, 4) is 22.3 Å². The van der Waals surface area contributed by atoms with Crippen LogP contribution in [0.1, 0.15) is 0 Å². The van der Waals surface area contributed by atoms with Gasteiger partial charge in [-0.3, -0.25) is 0 Å². The van der Waals surface area contributed by atoms with E-state index in [1.165, 1.54) is 44.0 Å². The third kappa shape index (κ3) is 3.99. The van der Waals surface area contributed by atoms with Crippen LogP contribution < -0.4 is 15.3 Å². The highest BCUT2D eigenvalue weighted by Crippen LogP contribution is 2.34. The Labute approximate surface area is 199 Å². The lowest BCUT2D eigenvalue weighted by atomic mass is 10.0. The molecule has 33 heavy (non-hydrogen) atoms. The van der Waals surface area contributed by atoms with Crippen LogP contribution in [0.4, 0.5) is 11.4 Å². The van der Waals surface area contributed by atoms with Gasteiger partial charge in [-0.1, -0.05) is 84.9 Å². The molecule has 0 spiro atoms. The summed E-state index contributed by atoms with van der Waals surface area (Å²) in [6.07, 6.45) is 0. The molecule has 1 aliphatic heterocycles. The van der Waals surface area contributed by atoms with Gasteiger partial charge in [-0.15, -0.1) is 0 Å². The van der Waals surface area contributed by atoms with E-state index in [1.54, 1.807) is 0 Å². The topological polar surface area (TPSA) is 12.5 Å². The van der Waals surface area contributed by atoms with E-state index >= 15 is 0 Å². The average molecular weight is 466 g/mol. The van der Waals surface area contributed by atoms with E-state index in [-0.39, 0.29) is 0 Å². The Kier molecular flexibility index (Phi) is 5.40. The lowest BCUT2D eigenvalue weighted by Gasteiger charge is -2.42. The molecule has 0 aliphatic carbocycles. The number of hydrogen-bond acceptors (Lipinski definition) is 2. The summed E-state index contributed by atoms with van der Waals surface area (Å²) >= 11 is 0. The lowest BCUT2D eigenvalue weighted by molar-refractivity contribution is 0.572. The Hall–Kier alpha value is -2.93. The number of hydrogen-bond donors (Lipinski definition) is 0. The molecule has 0 N–H and O–H groups in total. The number of anilines is 2. The van der Waals surface area contributed by atoms with Crippen molar-refractivity contribution >= 4 is 38.4 Å². The zero-order valence-electron chi connectivity index (χ0n) is 20.1. The van der Waals surface area contributed by atoms with Gasteiger partial charge in [-0.2, -0.15) is 0 Å². The van der Waals surface area contributed by atoms with E-state index in [0.29, 0.717) is 0 Å². The van der Waals surface area contributed by atoms with E-state index in [0.717, 1.165) is 0 Å². The fourth-order valence-corrected chi connectivity index (χ4v) is 13.8. The zero-order valence-corrected chi connectivity index (χ0v) is 22.1. The summed E-state index contributed by atoms with van der Waals surface area (Å²) in [4.78, 5) is 2.39.